The highest BCUT2D eigenvalue weighted by Crippen LogP contribution is 2.20. The minimum absolute atomic E-state index is 0.803. The van der Waals surface area contributed by atoms with E-state index in [0.717, 1.165) is 30.4 Å². The first kappa shape index (κ1) is 17.9. The van der Waals surface area contributed by atoms with Gasteiger partial charge in [-0.15, -0.1) is 11.3 Å². The van der Waals surface area contributed by atoms with Gasteiger partial charge in [-0.25, -0.2) is 0 Å². The molecule has 0 bridgehead atoms. The smallest absolute Gasteiger partial charge is 0.173 e. The summed E-state index contributed by atoms with van der Waals surface area (Å²) in [5.74, 6) is 0. The largest absolute Gasteiger partial charge is 0.338 e. The fraction of sp³-hybridized carbons (Fsp3) is 0.389. The van der Waals surface area contributed by atoms with Gasteiger partial charge >= 0.3 is 0 Å². The highest BCUT2D eigenvalue weighted by atomic mass is 32.1. The summed E-state index contributed by atoms with van der Waals surface area (Å²) >= 11 is 7.49. The molecule has 3 nitrogen and oxygen atoms in total. The molecule has 1 aromatic carbocycles. The lowest BCUT2D eigenvalue weighted by Gasteiger charge is -2.27. The Morgan fingerprint density at radius 2 is 1.87 bits per heavy atom. The van der Waals surface area contributed by atoms with E-state index in [2.05, 4.69) is 73.9 Å². The summed E-state index contributed by atoms with van der Waals surface area (Å²) in [7, 11) is 4.34. The Morgan fingerprint density at radius 1 is 1.17 bits per heavy atom. The quantitative estimate of drug-likeness (QED) is 0.783. The summed E-state index contributed by atoms with van der Waals surface area (Å²) in [5, 5.41) is 6.39. The molecule has 2 aromatic rings. The maximum atomic E-state index is 5.71. The lowest BCUT2D eigenvalue weighted by molar-refractivity contribution is -0.857. The number of likely N-dealkylation sites (N-methyl/N-ethyl adjacent to an activating group) is 1. The molecule has 0 fully saturated rings. The highest BCUT2D eigenvalue weighted by molar-refractivity contribution is 7.80. The number of hydrogen-bond donors (Lipinski definition) is 2. The lowest BCUT2D eigenvalue weighted by Crippen LogP contribution is -3.06. The number of nitrogens with one attached hydrogen (secondary N) is 2. The molecule has 23 heavy (non-hydrogen) atoms. The van der Waals surface area contributed by atoms with Crippen LogP contribution in [0.3, 0.4) is 0 Å². The first-order valence-electron chi connectivity index (χ1n) is 7.91. The van der Waals surface area contributed by atoms with Crippen molar-refractivity contribution in [1.29, 1.82) is 0 Å². The summed E-state index contributed by atoms with van der Waals surface area (Å²) in [6.45, 7) is 7.09. The molecule has 0 saturated carbocycles. The maximum absolute atomic E-state index is 5.71. The topological polar surface area (TPSA) is 19.7 Å². The molecular weight excluding hydrogens is 322 g/mol. The maximum Gasteiger partial charge on any atom is 0.173 e. The molecule has 1 aromatic heterocycles. The van der Waals surface area contributed by atoms with Gasteiger partial charge in [0.05, 0.1) is 33.7 Å². The van der Waals surface area contributed by atoms with Gasteiger partial charge in [0.2, 0.25) is 0 Å². The number of anilines is 1. The Hall–Kier alpha value is -1.43. The molecular formula is C18H26N3S2+. The number of para-hydroxylation sites is 1. The van der Waals surface area contributed by atoms with E-state index in [1.54, 1.807) is 11.3 Å². The number of aryl methyl sites for hydroxylation is 2. The van der Waals surface area contributed by atoms with Gasteiger partial charge < -0.3 is 15.1 Å². The van der Waals surface area contributed by atoms with Crippen LogP contribution < -0.4 is 10.2 Å². The molecule has 0 saturated heterocycles. The van der Waals surface area contributed by atoms with Crippen LogP contribution in [0.2, 0.25) is 0 Å². The van der Waals surface area contributed by atoms with Crippen LogP contribution in [0.4, 0.5) is 5.69 Å². The van der Waals surface area contributed by atoms with Gasteiger partial charge in [0.15, 0.2) is 5.11 Å². The summed E-state index contributed by atoms with van der Waals surface area (Å²) in [6, 6.07) is 10.6. The van der Waals surface area contributed by atoms with E-state index in [9.17, 15) is 0 Å². The zero-order valence-electron chi connectivity index (χ0n) is 14.3. The van der Waals surface area contributed by atoms with E-state index in [1.165, 1.54) is 20.9 Å². The third-order valence-electron chi connectivity index (χ3n) is 3.81. The number of nitrogens with zero attached hydrogens (tertiary/aromatic N) is 1. The summed E-state index contributed by atoms with van der Waals surface area (Å²) < 4.78 is 0. The normalized spacial score (nSPS) is 10.8. The SMILES string of the molecule is Cc1cccc(C)c1NC(=S)N(CC[NH+](C)C)Cc1cccs1. The number of benzene rings is 1. The minimum Gasteiger partial charge on any atom is -0.338 e. The zero-order chi connectivity index (χ0) is 16.8. The molecule has 124 valence electrons. The monoisotopic (exact) mass is 348 g/mol. The molecule has 0 aliphatic carbocycles. The van der Waals surface area contributed by atoms with Gasteiger partial charge in [-0.1, -0.05) is 24.3 Å². The van der Waals surface area contributed by atoms with Crippen molar-refractivity contribution in [3.8, 4) is 0 Å². The molecule has 0 spiro atoms. The van der Waals surface area contributed by atoms with Crippen LogP contribution in [0.5, 0.6) is 0 Å². The molecule has 2 N–H and O–H groups in total. The summed E-state index contributed by atoms with van der Waals surface area (Å²) in [5.41, 5.74) is 3.58. The van der Waals surface area contributed by atoms with E-state index < -0.39 is 0 Å². The number of hydrogen-bond acceptors (Lipinski definition) is 2. The minimum atomic E-state index is 0.803. The Balaban J connectivity index is 2.11. The highest BCUT2D eigenvalue weighted by Gasteiger charge is 2.14. The van der Waals surface area contributed by atoms with Crippen LogP contribution in [-0.4, -0.2) is 37.2 Å². The van der Waals surface area contributed by atoms with Crippen molar-refractivity contribution >= 4 is 34.4 Å². The fourth-order valence-electron chi connectivity index (χ4n) is 2.40. The Morgan fingerprint density at radius 3 is 2.43 bits per heavy atom. The van der Waals surface area contributed by atoms with Gasteiger partial charge in [0.25, 0.3) is 0 Å². The molecule has 0 atom stereocenters. The van der Waals surface area contributed by atoms with Crippen LogP contribution in [0.25, 0.3) is 0 Å². The van der Waals surface area contributed by atoms with Gasteiger partial charge in [-0.05, 0) is 48.6 Å². The number of rotatable bonds is 6. The average Bonchev–Trinajstić information content (AvgIpc) is 3.00. The molecule has 1 heterocycles. The summed E-state index contributed by atoms with van der Waals surface area (Å²) in [6.07, 6.45) is 0. The van der Waals surface area contributed by atoms with Gasteiger partial charge in [0.1, 0.15) is 0 Å². The van der Waals surface area contributed by atoms with Crippen molar-refractivity contribution in [3.63, 3.8) is 0 Å². The van der Waals surface area contributed by atoms with E-state index >= 15 is 0 Å². The molecule has 0 radical (unpaired) electrons. The van der Waals surface area contributed by atoms with E-state index in [0.29, 0.717) is 0 Å². The van der Waals surface area contributed by atoms with Gasteiger partial charge in [0, 0.05) is 10.6 Å². The Labute approximate surface area is 148 Å². The Bertz CT molecular complexity index is 615. The fourth-order valence-corrected chi connectivity index (χ4v) is 3.38. The Kier molecular flexibility index (Phi) is 6.57. The zero-order valence-corrected chi connectivity index (χ0v) is 16.0. The molecule has 0 amide bonds. The number of quaternary nitrogens is 1. The number of thiocarbonyl (C=S) groups is 1. The van der Waals surface area contributed by atoms with E-state index in [1.807, 2.05) is 0 Å². The van der Waals surface area contributed by atoms with Crippen molar-refractivity contribution < 1.29 is 4.90 Å². The van der Waals surface area contributed by atoms with Crippen LogP contribution in [-0.2, 0) is 6.54 Å². The summed E-state index contributed by atoms with van der Waals surface area (Å²) in [4.78, 5) is 5.03. The van der Waals surface area contributed by atoms with Crippen molar-refractivity contribution in [2.45, 2.75) is 20.4 Å². The van der Waals surface area contributed by atoms with E-state index in [4.69, 9.17) is 12.2 Å². The lowest BCUT2D eigenvalue weighted by atomic mass is 10.1. The molecule has 5 heteroatoms. The van der Waals surface area contributed by atoms with E-state index in [-0.39, 0.29) is 0 Å². The third-order valence-corrected chi connectivity index (χ3v) is 5.03. The molecule has 0 aliphatic heterocycles. The second-order valence-electron chi connectivity index (χ2n) is 6.15. The molecule has 0 aliphatic rings. The predicted octanol–water partition coefficient (Wildman–Crippen LogP) is 2.71. The number of thiophene rings is 1. The second-order valence-corrected chi connectivity index (χ2v) is 7.57. The van der Waals surface area contributed by atoms with Crippen molar-refractivity contribution in [2.75, 3.05) is 32.5 Å². The third kappa shape index (κ3) is 5.30. The van der Waals surface area contributed by atoms with Crippen molar-refractivity contribution in [3.05, 3.63) is 51.7 Å². The van der Waals surface area contributed by atoms with Crippen molar-refractivity contribution in [2.24, 2.45) is 0 Å². The molecule has 2 rings (SSSR count). The van der Waals surface area contributed by atoms with Crippen LogP contribution >= 0.6 is 23.6 Å². The predicted molar refractivity (Wildman–Crippen MR) is 105 cm³/mol. The van der Waals surface area contributed by atoms with Crippen LogP contribution in [0.15, 0.2) is 35.7 Å². The average molecular weight is 349 g/mol. The first-order valence-corrected chi connectivity index (χ1v) is 9.19. The second kappa shape index (κ2) is 8.43. The van der Waals surface area contributed by atoms with Crippen LogP contribution in [0.1, 0.15) is 16.0 Å². The van der Waals surface area contributed by atoms with Gasteiger partial charge in [-0.2, -0.15) is 0 Å². The van der Waals surface area contributed by atoms with Crippen molar-refractivity contribution in [1.82, 2.24) is 4.90 Å². The first-order chi connectivity index (χ1) is 11.0. The standard InChI is InChI=1S/C18H25N3S2/c1-14-7-5-8-15(2)17(14)19-18(22)21(11-10-20(3)4)13-16-9-6-12-23-16/h5-9,12H,10-11,13H2,1-4H3,(H,19,22)/p+1. The van der Waals surface area contributed by atoms with Crippen LogP contribution in [0, 0.1) is 13.8 Å². The van der Waals surface area contributed by atoms with Gasteiger partial charge in [-0.3, -0.25) is 0 Å². The molecule has 0 unspecified atom stereocenters.